The van der Waals surface area contributed by atoms with E-state index in [-0.39, 0.29) is 17.6 Å². The quantitative estimate of drug-likeness (QED) is 0.895. The second-order valence-electron chi connectivity index (χ2n) is 5.93. The summed E-state index contributed by atoms with van der Waals surface area (Å²) in [5.41, 5.74) is 1.49. The van der Waals surface area contributed by atoms with Gasteiger partial charge in [0.25, 0.3) is 5.91 Å². The van der Waals surface area contributed by atoms with Crippen molar-refractivity contribution in [1.82, 2.24) is 14.9 Å². The van der Waals surface area contributed by atoms with Crippen molar-refractivity contribution < 1.29 is 19.4 Å². The SMILES string of the molecule is COC[C@@H]1CCCN1C(=O)c1cccc(-c2cncc(C(=O)O)n2)c1. The van der Waals surface area contributed by atoms with E-state index in [4.69, 9.17) is 9.84 Å². The van der Waals surface area contributed by atoms with Crippen LogP contribution in [0.25, 0.3) is 11.3 Å². The number of aromatic carboxylic acids is 1. The number of hydrogen-bond acceptors (Lipinski definition) is 5. The molecule has 0 radical (unpaired) electrons. The summed E-state index contributed by atoms with van der Waals surface area (Å²) in [5.74, 6) is -1.19. The summed E-state index contributed by atoms with van der Waals surface area (Å²) in [6.45, 7) is 1.24. The summed E-state index contributed by atoms with van der Waals surface area (Å²) in [4.78, 5) is 33.7. The van der Waals surface area contributed by atoms with Gasteiger partial charge in [0.1, 0.15) is 0 Å². The van der Waals surface area contributed by atoms with Gasteiger partial charge >= 0.3 is 5.97 Å². The van der Waals surface area contributed by atoms with Gasteiger partial charge in [0.05, 0.1) is 30.7 Å². The van der Waals surface area contributed by atoms with Crippen LogP contribution in [0.5, 0.6) is 0 Å². The molecule has 1 aliphatic heterocycles. The number of rotatable bonds is 5. The molecule has 2 aromatic rings. The van der Waals surface area contributed by atoms with Crippen LogP contribution in [0, 0.1) is 0 Å². The maximum atomic E-state index is 12.8. The van der Waals surface area contributed by atoms with Crippen LogP contribution in [0.1, 0.15) is 33.7 Å². The molecule has 0 aliphatic carbocycles. The Kier molecular flexibility index (Phi) is 5.04. The Morgan fingerprint density at radius 1 is 1.36 bits per heavy atom. The van der Waals surface area contributed by atoms with E-state index in [0.717, 1.165) is 12.8 Å². The van der Waals surface area contributed by atoms with E-state index in [1.807, 2.05) is 4.90 Å². The fourth-order valence-corrected chi connectivity index (χ4v) is 3.05. The van der Waals surface area contributed by atoms with Crippen LogP contribution < -0.4 is 0 Å². The first-order valence-electron chi connectivity index (χ1n) is 8.06. The molecule has 0 unspecified atom stereocenters. The molecule has 130 valence electrons. The van der Waals surface area contributed by atoms with Crippen LogP contribution in [0.15, 0.2) is 36.7 Å². The van der Waals surface area contributed by atoms with Gasteiger partial charge in [-0.15, -0.1) is 0 Å². The van der Waals surface area contributed by atoms with Crippen LogP contribution >= 0.6 is 0 Å². The number of amides is 1. The van der Waals surface area contributed by atoms with Crippen LogP contribution in [0.3, 0.4) is 0 Å². The molecule has 1 N–H and O–H groups in total. The monoisotopic (exact) mass is 341 g/mol. The van der Waals surface area contributed by atoms with E-state index in [1.165, 1.54) is 12.4 Å². The fourth-order valence-electron chi connectivity index (χ4n) is 3.05. The summed E-state index contributed by atoms with van der Waals surface area (Å²) in [5, 5.41) is 9.05. The topological polar surface area (TPSA) is 92.6 Å². The summed E-state index contributed by atoms with van der Waals surface area (Å²) >= 11 is 0. The number of carbonyl (C=O) groups is 2. The molecular weight excluding hydrogens is 322 g/mol. The zero-order valence-electron chi connectivity index (χ0n) is 13.9. The van der Waals surface area contributed by atoms with Crippen molar-refractivity contribution >= 4 is 11.9 Å². The van der Waals surface area contributed by atoms with Gasteiger partial charge in [0.2, 0.25) is 0 Å². The highest BCUT2D eigenvalue weighted by Gasteiger charge is 2.29. The Hall–Kier alpha value is -2.80. The largest absolute Gasteiger partial charge is 0.476 e. The van der Waals surface area contributed by atoms with Crippen molar-refractivity contribution in [3.8, 4) is 11.3 Å². The number of carbonyl (C=O) groups excluding carboxylic acids is 1. The summed E-state index contributed by atoms with van der Waals surface area (Å²) < 4.78 is 5.20. The first kappa shape index (κ1) is 17.0. The highest BCUT2D eigenvalue weighted by Crippen LogP contribution is 2.23. The van der Waals surface area contributed by atoms with Gasteiger partial charge in [-0.05, 0) is 25.0 Å². The molecule has 7 nitrogen and oxygen atoms in total. The van der Waals surface area contributed by atoms with Crippen molar-refractivity contribution in [3.63, 3.8) is 0 Å². The maximum absolute atomic E-state index is 12.8. The number of carboxylic acids is 1. The Labute approximate surface area is 145 Å². The Morgan fingerprint density at radius 2 is 2.20 bits per heavy atom. The zero-order chi connectivity index (χ0) is 17.8. The Morgan fingerprint density at radius 3 is 2.96 bits per heavy atom. The number of nitrogens with zero attached hydrogens (tertiary/aromatic N) is 3. The molecular formula is C18H19N3O4. The van der Waals surface area contributed by atoms with E-state index in [9.17, 15) is 9.59 Å². The normalized spacial score (nSPS) is 16.8. The number of aromatic nitrogens is 2. The molecule has 1 aromatic carbocycles. The lowest BCUT2D eigenvalue weighted by Crippen LogP contribution is -2.38. The Bertz CT molecular complexity index is 793. The van der Waals surface area contributed by atoms with Gasteiger partial charge < -0.3 is 14.7 Å². The third-order valence-corrected chi connectivity index (χ3v) is 4.26. The summed E-state index contributed by atoms with van der Waals surface area (Å²) in [6.07, 6.45) is 4.58. The lowest BCUT2D eigenvalue weighted by atomic mass is 10.1. The van der Waals surface area contributed by atoms with Gasteiger partial charge in [-0.3, -0.25) is 9.78 Å². The molecule has 7 heteroatoms. The molecule has 3 rings (SSSR count). The molecule has 0 bridgehead atoms. The number of benzene rings is 1. The van der Waals surface area contributed by atoms with Crippen molar-refractivity contribution in [2.24, 2.45) is 0 Å². The minimum atomic E-state index is -1.14. The van der Waals surface area contributed by atoms with Gasteiger partial charge in [-0.25, -0.2) is 9.78 Å². The van der Waals surface area contributed by atoms with E-state index < -0.39 is 5.97 Å². The maximum Gasteiger partial charge on any atom is 0.356 e. The molecule has 1 aromatic heterocycles. The van der Waals surface area contributed by atoms with E-state index in [2.05, 4.69) is 9.97 Å². The van der Waals surface area contributed by atoms with Crippen molar-refractivity contribution in [3.05, 3.63) is 47.9 Å². The highest BCUT2D eigenvalue weighted by atomic mass is 16.5. The molecule has 0 saturated carbocycles. The predicted molar refractivity (Wildman–Crippen MR) is 90.4 cm³/mol. The average Bonchev–Trinajstić information content (AvgIpc) is 3.10. The first-order chi connectivity index (χ1) is 12.1. The molecule has 1 saturated heterocycles. The summed E-state index contributed by atoms with van der Waals surface area (Å²) in [6, 6.07) is 7.11. The van der Waals surface area contributed by atoms with Gasteiger partial charge in [0.15, 0.2) is 5.69 Å². The molecule has 1 aliphatic rings. The van der Waals surface area contributed by atoms with Gasteiger partial charge in [-0.1, -0.05) is 12.1 Å². The van der Waals surface area contributed by atoms with Crippen molar-refractivity contribution in [2.45, 2.75) is 18.9 Å². The fraction of sp³-hybridized carbons (Fsp3) is 0.333. The highest BCUT2D eigenvalue weighted by molar-refractivity contribution is 5.95. The predicted octanol–water partition coefficient (Wildman–Crippen LogP) is 2.09. The van der Waals surface area contributed by atoms with E-state index >= 15 is 0 Å². The molecule has 1 fully saturated rings. The lowest BCUT2D eigenvalue weighted by Gasteiger charge is -2.24. The zero-order valence-corrected chi connectivity index (χ0v) is 13.9. The number of likely N-dealkylation sites (tertiary alicyclic amines) is 1. The third-order valence-electron chi connectivity index (χ3n) is 4.26. The average molecular weight is 341 g/mol. The minimum Gasteiger partial charge on any atom is -0.476 e. The van der Waals surface area contributed by atoms with Gasteiger partial charge in [-0.2, -0.15) is 0 Å². The van der Waals surface area contributed by atoms with E-state index in [1.54, 1.807) is 31.4 Å². The number of hydrogen-bond donors (Lipinski definition) is 1. The smallest absolute Gasteiger partial charge is 0.356 e. The number of carboxylic acid groups (broad SMARTS) is 1. The van der Waals surface area contributed by atoms with Gasteiger partial charge in [0, 0.05) is 24.8 Å². The molecule has 1 amide bonds. The molecule has 1 atom stereocenters. The molecule has 2 heterocycles. The second kappa shape index (κ2) is 7.40. The third kappa shape index (κ3) is 3.66. The van der Waals surface area contributed by atoms with Crippen LogP contribution in [-0.2, 0) is 4.74 Å². The minimum absolute atomic E-state index is 0.0521. The van der Waals surface area contributed by atoms with Crippen LogP contribution in [-0.4, -0.2) is 58.2 Å². The number of ether oxygens (including phenoxy) is 1. The summed E-state index contributed by atoms with van der Waals surface area (Å²) in [7, 11) is 1.63. The Balaban J connectivity index is 1.88. The first-order valence-corrected chi connectivity index (χ1v) is 8.06. The lowest BCUT2D eigenvalue weighted by molar-refractivity contribution is 0.0629. The molecule has 0 spiro atoms. The van der Waals surface area contributed by atoms with Crippen molar-refractivity contribution in [2.75, 3.05) is 20.3 Å². The molecule has 25 heavy (non-hydrogen) atoms. The van der Waals surface area contributed by atoms with Crippen LogP contribution in [0.4, 0.5) is 0 Å². The standard InChI is InChI=1S/C18H19N3O4/c1-25-11-14-6-3-7-21(14)17(22)13-5-2-4-12(8-13)15-9-19-10-16(20-15)18(23)24/h2,4-5,8-10,14H,3,6-7,11H2,1H3,(H,23,24)/t14-/m0/s1. The van der Waals surface area contributed by atoms with Crippen molar-refractivity contribution in [1.29, 1.82) is 0 Å². The second-order valence-corrected chi connectivity index (χ2v) is 5.93. The number of methoxy groups -OCH3 is 1. The van der Waals surface area contributed by atoms with E-state index in [0.29, 0.717) is 30.0 Å². The van der Waals surface area contributed by atoms with Crippen LogP contribution in [0.2, 0.25) is 0 Å².